The van der Waals surface area contributed by atoms with Gasteiger partial charge in [0.15, 0.2) is 0 Å². The minimum atomic E-state index is -5.80. The molecule has 2 aromatic rings. The Balaban J connectivity index is 2.00. The van der Waals surface area contributed by atoms with E-state index in [1.165, 1.54) is 24.0 Å². The smallest absolute Gasteiger partial charge is 0.355 e. The maximum absolute atomic E-state index is 12.4. The first kappa shape index (κ1) is 17.5. The lowest BCUT2D eigenvalue weighted by molar-refractivity contribution is -0.0501. The zero-order valence-electron chi connectivity index (χ0n) is 12.4. The molecule has 3 rings (SSSR count). The van der Waals surface area contributed by atoms with Crippen LogP contribution in [0.15, 0.2) is 35.6 Å². The quantitative estimate of drug-likeness (QED) is 0.623. The van der Waals surface area contributed by atoms with Crippen molar-refractivity contribution in [2.75, 3.05) is 6.26 Å². The molecule has 8 nitrogen and oxygen atoms in total. The number of aromatic nitrogens is 3. The predicted molar refractivity (Wildman–Crippen MR) is 84.6 cm³/mol. The number of hydrogen-bond donors (Lipinski definition) is 1. The zero-order chi connectivity index (χ0) is 18.3. The number of nitrogens with one attached hydrogen (secondary N) is 1. The molecule has 3 heterocycles. The van der Waals surface area contributed by atoms with E-state index in [0.29, 0.717) is 11.1 Å². The van der Waals surface area contributed by atoms with Crippen molar-refractivity contribution in [3.05, 3.63) is 36.2 Å². The number of fused-ring (bicyclic) bond motifs is 1. The third-order valence-electron chi connectivity index (χ3n) is 3.22. The molecule has 0 aromatic carbocycles. The summed E-state index contributed by atoms with van der Waals surface area (Å²) in [6.45, 7) is 0. The van der Waals surface area contributed by atoms with Crippen LogP contribution in [0.5, 0.6) is 5.88 Å². The first-order chi connectivity index (χ1) is 11.7. The molecule has 2 aromatic heterocycles. The van der Waals surface area contributed by atoms with Gasteiger partial charge in [0.05, 0.1) is 17.3 Å². The van der Waals surface area contributed by atoms with E-state index in [2.05, 4.69) is 24.7 Å². The average molecular weight is 393 g/mol. The van der Waals surface area contributed by atoms with Gasteiger partial charge in [-0.25, -0.2) is 0 Å². The van der Waals surface area contributed by atoms with Crippen LogP contribution in [0.2, 0.25) is 0 Å². The van der Waals surface area contributed by atoms with Gasteiger partial charge in [-0.2, -0.15) is 26.7 Å². The second-order valence-electron chi connectivity index (χ2n) is 4.72. The maximum atomic E-state index is 12.4. The van der Waals surface area contributed by atoms with Gasteiger partial charge in [0.25, 0.3) is 5.88 Å². The van der Waals surface area contributed by atoms with Crippen molar-refractivity contribution in [1.82, 2.24) is 20.1 Å². The Bertz CT molecular complexity index is 970. The lowest BCUT2D eigenvalue weighted by Crippen LogP contribution is -2.35. The van der Waals surface area contributed by atoms with Gasteiger partial charge in [0.1, 0.15) is 0 Å². The maximum Gasteiger partial charge on any atom is 0.534 e. The average Bonchev–Trinajstić information content (AvgIpc) is 2.98. The van der Waals surface area contributed by atoms with Crippen LogP contribution in [-0.2, 0) is 15.1 Å². The number of halogens is 3. The lowest BCUT2D eigenvalue weighted by Gasteiger charge is -2.29. The van der Waals surface area contributed by atoms with Crippen LogP contribution < -0.4 is 9.50 Å². The molecule has 0 amide bonds. The topological polar surface area (TPSA) is 98.0 Å². The van der Waals surface area contributed by atoms with E-state index in [0.717, 1.165) is 10.7 Å². The normalized spacial score (nSPS) is 20.6. The molecule has 1 N–H and O–H groups in total. The van der Waals surface area contributed by atoms with Crippen molar-refractivity contribution in [3.63, 3.8) is 0 Å². The molecule has 1 atom stereocenters. The van der Waals surface area contributed by atoms with Crippen LogP contribution in [0.3, 0.4) is 0 Å². The number of thioether (sulfide) groups is 1. The second kappa shape index (κ2) is 5.91. The summed E-state index contributed by atoms with van der Waals surface area (Å²) in [6.07, 6.45) is 8.23. The van der Waals surface area contributed by atoms with E-state index in [9.17, 15) is 21.6 Å². The Morgan fingerprint density at radius 1 is 1.36 bits per heavy atom. The minimum Gasteiger partial charge on any atom is -0.355 e. The fourth-order valence-corrected chi connectivity index (χ4v) is 3.22. The van der Waals surface area contributed by atoms with E-state index in [1.54, 1.807) is 18.5 Å². The molecule has 13 heteroatoms. The molecule has 1 aliphatic heterocycles. The van der Waals surface area contributed by atoms with Crippen molar-refractivity contribution >= 4 is 33.6 Å². The van der Waals surface area contributed by atoms with Crippen LogP contribution in [0.4, 0.5) is 13.2 Å². The summed E-state index contributed by atoms with van der Waals surface area (Å²) >= 11 is 1.37. The fraction of sp³-hybridized carbons (Fsp3) is 0.250. The highest BCUT2D eigenvalue weighted by Crippen LogP contribution is 2.37. The van der Waals surface area contributed by atoms with Crippen LogP contribution in [-0.4, -0.2) is 41.2 Å². The molecule has 0 bridgehead atoms. The van der Waals surface area contributed by atoms with E-state index < -0.39 is 26.5 Å². The van der Waals surface area contributed by atoms with Crippen molar-refractivity contribution in [3.8, 4) is 5.88 Å². The largest absolute Gasteiger partial charge is 0.534 e. The Morgan fingerprint density at radius 2 is 2.12 bits per heavy atom. The van der Waals surface area contributed by atoms with E-state index in [4.69, 9.17) is 0 Å². The molecular formula is C12H10F3N5O3S2. The van der Waals surface area contributed by atoms with Gasteiger partial charge in [-0.15, -0.1) is 21.5 Å². The van der Waals surface area contributed by atoms with Crippen molar-refractivity contribution < 1.29 is 25.8 Å². The number of alkyl halides is 3. The molecule has 25 heavy (non-hydrogen) atoms. The summed E-state index contributed by atoms with van der Waals surface area (Å²) in [4.78, 5) is 3.49. The summed E-state index contributed by atoms with van der Waals surface area (Å²) in [5.41, 5.74) is -4.53. The van der Waals surface area contributed by atoms with Gasteiger partial charge in [-0.05, 0) is 18.4 Å². The number of aliphatic imine (C=N–C) groups is 1. The van der Waals surface area contributed by atoms with Crippen molar-refractivity contribution in [1.29, 1.82) is 0 Å². The second-order valence-corrected chi connectivity index (χ2v) is 7.25. The molecule has 0 radical (unpaired) electrons. The summed E-state index contributed by atoms with van der Waals surface area (Å²) in [7, 11) is -5.80. The summed E-state index contributed by atoms with van der Waals surface area (Å²) in [6, 6.07) is 2.37. The van der Waals surface area contributed by atoms with Gasteiger partial charge in [0, 0.05) is 18.5 Å². The number of allylic oxidation sites excluding steroid dienone is 1. The van der Waals surface area contributed by atoms with Crippen molar-refractivity contribution in [2.45, 2.75) is 10.5 Å². The molecule has 134 valence electrons. The molecule has 1 aliphatic rings. The molecule has 0 fully saturated rings. The summed E-state index contributed by atoms with van der Waals surface area (Å²) in [5, 5.41) is 10.7. The molecular weight excluding hydrogens is 383 g/mol. The first-order valence-corrected chi connectivity index (χ1v) is 9.21. The van der Waals surface area contributed by atoms with Gasteiger partial charge in [-0.1, -0.05) is 0 Å². The SMILES string of the molecule is CSC1(c2cnn3nc(OS(=O)(=O)C(F)(F)F)ccc23)N=CC=CN1. The Kier molecular flexibility index (Phi) is 4.15. The van der Waals surface area contributed by atoms with E-state index >= 15 is 0 Å². The first-order valence-electron chi connectivity index (χ1n) is 6.58. The number of hydrogen-bond acceptors (Lipinski definition) is 8. The molecule has 0 spiro atoms. The third kappa shape index (κ3) is 3.04. The van der Waals surface area contributed by atoms with Crippen LogP contribution >= 0.6 is 11.8 Å². The van der Waals surface area contributed by atoms with Crippen molar-refractivity contribution in [2.24, 2.45) is 4.99 Å². The van der Waals surface area contributed by atoms with Crippen LogP contribution in [0.1, 0.15) is 5.56 Å². The Labute approximate surface area is 143 Å². The highest BCUT2D eigenvalue weighted by atomic mass is 32.2. The molecule has 1 unspecified atom stereocenters. The molecule has 0 saturated heterocycles. The number of rotatable bonds is 4. The van der Waals surface area contributed by atoms with E-state index in [-0.39, 0.29) is 0 Å². The van der Waals surface area contributed by atoms with Gasteiger partial charge >= 0.3 is 15.6 Å². The predicted octanol–water partition coefficient (Wildman–Crippen LogP) is 1.62. The highest BCUT2D eigenvalue weighted by molar-refractivity contribution is 7.99. The zero-order valence-corrected chi connectivity index (χ0v) is 14.1. The minimum absolute atomic E-state index is 0.422. The Hall–Kier alpha value is -2.28. The highest BCUT2D eigenvalue weighted by Gasteiger charge is 2.49. The standard InChI is InChI=1S/C12H10F3N5O3S2/c1-24-11(16-5-2-6-17-11)8-7-18-20-9(8)3-4-10(19-20)23-25(21,22)12(13,14)15/h2-7,16H,1H3. The summed E-state index contributed by atoms with van der Waals surface area (Å²) < 4.78 is 64.2. The lowest BCUT2D eigenvalue weighted by atomic mass is 10.2. The van der Waals surface area contributed by atoms with E-state index in [1.807, 2.05) is 6.26 Å². The van der Waals surface area contributed by atoms with Gasteiger partial charge in [-0.3, -0.25) is 4.99 Å². The van der Waals surface area contributed by atoms with Crippen LogP contribution in [0, 0.1) is 0 Å². The van der Waals surface area contributed by atoms with Gasteiger partial charge in [0.2, 0.25) is 4.99 Å². The van der Waals surface area contributed by atoms with Crippen LogP contribution in [0.25, 0.3) is 5.52 Å². The third-order valence-corrected chi connectivity index (χ3v) is 5.21. The molecule has 0 aliphatic carbocycles. The monoisotopic (exact) mass is 393 g/mol. The van der Waals surface area contributed by atoms with Gasteiger partial charge < -0.3 is 9.50 Å². The fourth-order valence-electron chi connectivity index (χ4n) is 2.08. The molecule has 0 saturated carbocycles. The summed E-state index contributed by atoms with van der Waals surface area (Å²) in [5.74, 6) is -0.752. The number of nitrogens with zero attached hydrogens (tertiary/aromatic N) is 4. The Morgan fingerprint density at radius 3 is 2.72 bits per heavy atom.